The molecule has 1 aromatic carbocycles. The molecule has 1 aromatic rings. The number of guanidine groups is 1. The van der Waals surface area contributed by atoms with Crippen LogP contribution in [0.3, 0.4) is 0 Å². The molecule has 134 valence electrons. The van der Waals surface area contributed by atoms with Crippen LogP contribution >= 0.6 is 0 Å². The van der Waals surface area contributed by atoms with E-state index >= 15 is 0 Å². The van der Waals surface area contributed by atoms with Crippen molar-refractivity contribution in [2.24, 2.45) is 4.99 Å². The maximum absolute atomic E-state index is 5.71. The highest BCUT2D eigenvalue weighted by molar-refractivity contribution is 5.79. The van der Waals surface area contributed by atoms with Gasteiger partial charge in [-0.05, 0) is 24.1 Å². The number of aliphatic imine (C=N–C) groups is 1. The minimum Gasteiger partial charge on any atom is -0.486 e. The van der Waals surface area contributed by atoms with E-state index < -0.39 is 0 Å². The van der Waals surface area contributed by atoms with Crippen molar-refractivity contribution in [2.75, 3.05) is 40.4 Å². The van der Waals surface area contributed by atoms with Crippen LogP contribution in [0.15, 0.2) is 23.2 Å². The highest BCUT2D eigenvalue weighted by atomic mass is 16.6. The molecule has 0 bridgehead atoms. The van der Waals surface area contributed by atoms with E-state index in [2.05, 4.69) is 55.2 Å². The van der Waals surface area contributed by atoms with Gasteiger partial charge in [-0.1, -0.05) is 33.3 Å². The van der Waals surface area contributed by atoms with Crippen molar-refractivity contribution in [3.05, 3.63) is 23.8 Å². The second-order valence-electron chi connectivity index (χ2n) is 6.92. The Hall–Kier alpha value is -1.91. The maximum atomic E-state index is 5.71. The molecular weight excluding hydrogens is 302 g/mol. The molecule has 5 heteroatoms. The molecule has 0 fully saturated rings. The summed E-state index contributed by atoms with van der Waals surface area (Å²) in [5, 5.41) is 3.50. The highest BCUT2D eigenvalue weighted by Crippen LogP contribution is 2.34. The van der Waals surface area contributed by atoms with Gasteiger partial charge in [0.2, 0.25) is 0 Å². The first-order valence-corrected chi connectivity index (χ1v) is 8.80. The number of nitrogens with zero attached hydrogens (tertiary/aromatic N) is 2. The summed E-state index contributed by atoms with van der Waals surface area (Å²) in [6, 6.07) is 6.23. The van der Waals surface area contributed by atoms with Crippen molar-refractivity contribution in [2.45, 2.75) is 39.0 Å². The van der Waals surface area contributed by atoms with Gasteiger partial charge in [0.1, 0.15) is 13.2 Å². The van der Waals surface area contributed by atoms with E-state index in [0.29, 0.717) is 13.2 Å². The first-order valence-electron chi connectivity index (χ1n) is 8.80. The number of unbranched alkanes of at least 4 members (excludes halogenated alkanes) is 1. The molecular formula is C19H31N3O2. The molecule has 24 heavy (non-hydrogen) atoms. The fourth-order valence-electron chi connectivity index (χ4n) is 2.75. The zero-order valence-electron chi connectivity index (χ0n) is 15.7. The minimum atomic E-state index is -0.0443. The molecule has 0 amide bonds. The van der Waals surface area contributed by atoms with E-state index in [1.54, 1.807) is 0 Å². The molecule has 0 atom stereocenters. The van der Waals surface area contributed by atoms with E-state index in [1.165, 1.54) is 18.4 Å². The molecule has 1 heterocycles. The molecule has 0 saturated carbocycles. The molecule has 5 nitrogen and oxygen atoms in total. The summed E-state index contributed by atoms with van der Waals surface area (Å²) in [7, 11) is 3.92. The first-order chi connectivity index (χ1) is 11.5. The van der Waals surface area contributed by atoms with Crippen LogP contribution in [0.5, 0.6) is 11.5 Å². The molecule has 0 unspecified atom stereocenters. The molecule has 0 radical (unpaired) electrons. The number of benzene rings is 1. The second-order valence-corrected chi connectivity index (χ2v) is 6.92. The quantitative estimate of drug-likeness (QED) is 0.642. The summed E-state index contributed by atoms with van der Waals surface area (Å²) >= 11 is 0. The van der Waals surface area contributed by atoms with Crippen LogP contribution in [0.1, 0.15) is 39.2 Å². The van der Waals surface area contributed by atoms with Gasteiger partial charge in [0.15, 0.2) is 17.5 Å². The molecule has 1 aliphatic heterocycles. The SMILES string of the molecule is CCCCN(C)C(=NC)NCC(C)(C)c1ccc2c(c1)OCCO2. The van der Waals surface area contributed by atoms with Crippen LogP contribution in [0.2, 0.25) is 0 Å². The Kier molecular flexibility index (Phi) is 6.35. The van der Waals surface area contributed by atoms with Gasteiger partial charge in [0.25, 0.3) is 0 Å². The number of fused-ring (bicyclic) bond motifs is 1. The zero-order chi connectivity index (χ0) is 17.6. The van der Waals surface area contributed by atoms with Crippen LogP contribution in [0, 0.1) is 0 Å². The fraction of sp³-hybridized carbons (Fsp3) is 0.632. The normalized spacial score (nSPS) is 14.5. The van der Waals surface area contributed by atoms with Crippen molar-refractivity contribution in [3.8, 4) is 11.5 Å². The first kappa shape index (κ1) is 18.4. The zero-order valence-corrected chi connectivity index (χ0v) is 15.7. The highest BCUT2D eigenvalue weighted by Gasteiger charge is 2.24. The summed E-state index contributed by atoms with van der Waals surface area (Å²) in [6.07, 6.45) is 2.35. The third kappa shape index (κ3) is 4.56. The van der Waals surface area contributed by atoms with Crippen molar-refractivity contribution in [1.29, 1.82) is 0 Å². The largest absolute Gasteiger partial charge is 0.486 e. The van der Waals surface area contributed by atoms with Crippen molar-refractivity contribution < 1.29 is 9.47 Å². The number of rotatable bonds is 6. The topological polar surface area (TPSA) is 46.1 Å². The van der Waals surface area contributed by atoms with E-state index in [-0.39, 0.29) is 5.41 Å². The van der Waals surface area contributed by atoms with Gasteiger partial charge in [0.05, 0.1) is 0 Å². The maximum Gasteiger partial charge on any atom is 0.193 e. The van der Waals surface area contributed by atoms with Gasteiger partial charge in [0, 0.05) is 32.6 Å². The molecule has 0 spiro atoms. The van der Waals surface area contributed by atoms with E-state index in [9.17, 15) is 0 Å². The molecule has 0 saturated heterocycles. The van der Waals surface area contributed by atoms with Crippen molar-refractivity contribution in [1.82, 2.24) is 10.2 Å². The third-order valence-electron chi connectivity index (χ3n) is 4.43. The lowest BCUT2D eigenvalue weighted by molar-refractivity contribution is 0.171. The lowest BCUT2D eigenvalue weighted by atomic mass is 9.84. The van der Waals surface area contributed by atoms with Crippen LogP contribution in [-0.4, -0.2) is 51.3 Å². The van der Waals surface area contributed by atoms with Gasteiger partial charge in [-0.3, -0.25) is 4.99 Å². The number of ether oxygens (including phenoxy) is 2. The lowest BCUT2D eigenvalue weighted by Crippen LogP contribution is -2.44. The van der Waals surface area contributed by atoms with Gasteiger partial charge >= 0.3 is 0 Å². The molecule has 2 rings (SSSR count). The number of hydrogen-bond donors (Lipinski definition) is 1. The summed E-state index contributed by atoms with van der Waals surface area (Å²) < 4.78 is 11.3. The smallest absolute Gasteiger partial charge is 0.193 e. The number of nitrogens with one attached hydrogen (secondary N) is 1. The van der Waals surface area contributed by atoms with Gasteiger partial charge in [-0.25, -0.2) is 0 Å². The van der Waals surface area contributed by atoms with E-state index in [4.69, 9.17) is 9.47 Å². The second kappa shape index (κ2) is 8.27. The Balaban J connectivity index is 2.02. The lowest BCUT2D eigenvalue weighted by Gasteiger charge is -2.30. The average molecular weight is 333 g/mol. The molecule has 1 aliphatic rings. The van der Waals surface area contributed by atoms with E-state index in [0.717, 1.165) is 30.5 Å². The monoisotopic (exact) mass is 333 g/mol. The number of hydrogen-bond acceptors (Lipinski definition) is 3. The molecule has 1 N–H and O–H groups in total. The average Bonchev–Trinajstić information content (AvgIpc) is 2.59. The Morgan fingerprint density at radius 3 is 2.62 bits per heavy atom. The predicted octanol–water partition coefficient (Wildman–Crippen LogP) is 3.04. The standard InChI is InChI=1S/C19H31N3O2/c1-6-7-10-22(5)18(20-4)21-14-19(2,3)15-8-9-16-17(13-15)24-12-11-23-16/h8-9,13H,6-7,10-12,14H2,1-5H3,(H,20,21). The van der Waals surface area contributed by atoms with Crippen LogP contribution in [-0.2, 0) is 5.41 Å². The van der Waals surface area contributed by atoms with Crippen molar-refractivity contribution in [3.63, 3.8) is 0 Å². The molecule has 0 aliphatic carbocycles. The Bertz CT molecular complexity index is 570. The summed E-state index contributed by atoms with van der Waals surface area (Å²) in [6.45, 7) is 9.71. The van der Waals surface area contributed by atoms with Crippen molar-refractivity contribution >= 4 is 5.96 Å². The van der Waals surface area contributed by atoms with Gasteiger partial charge in [-0.15, -0.1) is 0 Å². The summed E-state index contributed by atoms with van der Waals surface area (Å²) in [5.74, 6) is 2.62. The minimum absolute atomic E-state index is 0.0443. The van der Waals surface area contributed by atoms with E-state index in [1.807, 2.05) is 13.1 Å². The fourth-order valence-corrected chi connectivity index (χ4v) is 2.75. The van der Waals surface area contributed by atoms with Crippen LogP contribution < -0.4 is 14.8 Å². The Labute approximate surface area is 146 Å². The summed E-state index contributed by atoms with van der Waals surface area (Å²) in [5.41, 5.74) is 1.18. The molecule has 0 aromatic heterocycles. The Morgan fingerprint density at radius 1 is 1.25 bits per heavy atom. The Morgan fingerprint density at radius 2 is 1.96 bits per heavy atom. The van der Waals surface area contributed by atoms with Gasteiger partial charge < -0.3 is 19.7 Å². The van der Waals surface area contributed by atoms with Crippen LogP contribution in [0.4, 0.5) is 0 Å². The van der Waals surface area contributed by atoms with Crippen LogP contribution in [0.25, 0.3) is 0 Å². The predicted molar refractivity (Wildman–Crippen MR) is 99.4 cm³/mol. The van der Waals surface area contributed by atoms with Gasteiger partial charge in [-0.2, -0.15) is 0 Å². The summed E-state index contributed by atoms with van der Waals surface area (Å²) in [4.78, 5) is 6.58. The third-order valence-corrected chi connectivity index (χ3v) is 4.43.